The third kappa shape index (κ3) is 4.34. The van der Waals surface area contributed by atoms with Crippen LogP contribution in [0.2, 0.25) is 0 Å². The third-order valence-electron chi connectivity index (χ3n) is 5.27. The summed E-state index contributed by atoms with van der Waals surface area (Å²) in [7, 11) is 1.82. The van der Waals surface area contributed by atoms with Crippen molar-refractivity contribution >= 4 is 34.6 Å². The highest BCUT2D eigenvalue weighted by atomic mass is 15.2. The molecule has 0 amide bonds. The maximum atomic E-state index is 8.99. The topological polar surface area (TPSA) is 110 Å². The molecule has 0 unspecified atom stereocenters. The van der Waals surface area contributed by atoms with Crippen LogP contribution in [-0.4, -0.2) is 22.0 Å². The van der Waals surface area contributed by atoms with Crippen LogP contribution in [0, 0.1) is 36.5 Å². The molecule has 160 valence electrons. The van der Waals surface area contributed by atoms with Gasteiger partial charge in [0.05, 0.1) is 17.1 Å². The van der Waals surface area contributed by atoms with Crippen LogP contribution in [0.5, 0.6) is 0 Å². The van der Waals surface area contributed by atoms with Crippen molar-refractivity contribution < 1.29 is 0 Å². The lowest BCUT2D eigenvalue weighted by atomic mass is 9.92. The molecule has 0 aliphatic rings. The number of rotatable bonds is 5. The van der Waals surface area contributed by atoms with Gasteiger partial charge in [-0.1, -0.05) is 24.3 Å². The minimum absolute atomic E-state index is 0.403. The normalized spacial score (nSPS) is 10.7. The zero-order valence-corrected chi connectivity index (χ0v) is 18.5. The number of hydrogen-bond acceptors (Lipinski definition) is 7. The van der Waals surface area contributed by atoms with Crippen molar-refractivity contribution in [3.63, 3.8) is 0 Å². The maximum absolute atomic E-state index is 8.99. The van der Waals surface area contributed by atoms with Gasteiger partial charge in [-0.3, -0.25) is 0 Å². The van der Waals surface area contributed by atoms with Gasteiger partial charge in [0.25, 0.3) is 0 Å². The largest absolute Gasteiger partial charge is 0.372 e. The van der Waals surface area contributed by atoms with Crippen molar-refractivity contribution in [1.29, 1.82) is 10.5 Å². The molecule has 33 heavy (non-hydrogen) atoms. The molecule has 0 radical (unpaired) electrons. The van der Waals surface area contributed by atoms with Crippen LogP contribution in [0.4, 0.5) is 17.6 Å². The number of aryl methyl sites for hydroxylation is 2. The van der Waals surface area contributed by atoms with Crippen LogP contribution in [-0.2, 0) is 0 Å². The van der Waals surface area contributed by atoms with Gasteiger partial charge in [0.1, 0.15) is 17.7 Å². The van der Waals surface area contributed by atoms with E-state index in [2.05, 4.69) is 58.7 Å². The number of benzene rings is 2. The van der Waals surface area contributed by atoms with Gasteiger partial charge < -0.3 is 10.6 Å². The first-order valence-electron chi connectivity index (χ1n) is 10.3. The van der Waals surface area contributed by atoms with Gasteiger partial charge in [-0.2, -0.15) is 15.5 Å². The van der Waals surface area contributed by atoms with E-state index in [1.54, 1.807) is 18.2 Å². The maximum Gasteiger partial charge on any atom is 0.230 e. The molecule has 2 heterocycles. The minimum atomic E-state index is 0.403. The number of allylic oxidation sites excluding steroid dienone is 1. The van der Waals surface area contributed by atoms with E-state index in [-0.39, 0.29) is 0 Å². The fourth-order valence-corrected chi connectivity index (χ4v) is 3.90. The summed E-state index contributed by atoms with van der Waals surface area (Å²) in [6.07, 6.45) is 4.79. The third-order valence-corrected chi connectivity index (χ3v) is 5.27. The number of para-hydroxylation sites is 1. The minimum Gasteiger partial charge on any atom is -0.372 e. The van der Waals surface area contributed by atoms with E-state index in [0.29, 0.717) is 23.1 Å². The summed E-state index contributed by atoms with van der Waals surface area (Å²) in [5.74, 6) is 1.65. The molecule has 4 rings (SSSR count). The first kappa shape index (κ1) is 21.5. The fourth-order valence-electron chi connectivity index (χ4n) is 3.90. The molecule has 7 heteroatoms. The van der Waals surface area contributed by atoms with Gasteiger partial charge in [0, 0.05) is 30.3 Å². The number of aromatic nitrogens is 3. The fraction of sp³-hybridized carbons (Fsp3) is 0.115. The Hall–Kier alpha value is -4.75. The van der Waals surface area contributed by atoms with Crippen molar-refractivity contribution in [2.24, 2.45) is 0 Å². The van der Waals surface area contributed by atoms with E-state index in [1.807, 2.05) is 25.2 Å². The predicted octanol–water partition coefficient (Wildman–Crippen LogP) is 5.50. The second-order valence-corrected chi connectivity index (χ2v) is 7.51. The van der Waals surface area contributed by atoms with E-state index < -0.39 is 0 Å². The Labute approximate surface area is 192 Å². The summed E-state index contributed by atoms with van der Waals surface area (Å²) in [4.78, 5) is 13.7. The van der Waals surface area contributed by atoms with Crippen molar-refractivity contribution in [2.75, 3.05) is 17.7 Å². The molecule has 0 saturated carbocycles. The zero-order chi connectivity index (χ0) is 23.4. The Morgan fingerprint density at radius 3 is 2.42 bits per heavy atom. The summed E-state index contributed by atoms with van der Waals surface area (Å²) in [5, 5.41) is 25.0. The first-order chi connectivity index (χ1) is 16.0. The molecule has 0 spiro atoms. The summed E-state index contributed by atoms with van der Waals surface area (Å²) >= 11 is 0. The highest BCUT2D eigenvalue weighted by Gasteiger charge is 2.15. The van der Waals surface area contributed by atoms with Gasteiger partial charge in [-0.15, -0.1) is 0 Å². The molecule has 0 saturated heterocycles. The number of nitriles is 2. The predicted molar refractivity (Wildman–Crippen MR) is 131 cm³/mol. The second-order valence-electron chi connectivity index (χ2n) is 7.51. The SMILES string of the molecule is CNc1nc(Nc2ccc(C#N)cn2)nc2c(-c3c(C)cc(C=CC#N)cc3C)cccc12. The summed E-state index contributed by atoms with van der Waals surface area (Å²) < 4.78 is 0. The molecular formula is C26H21N7. The molecule has 2 N–H and O–H groups in total. The zero-order valence-electron chi connectivity index (χ0n) is 18.5. The lowest BCUT2D eigenvalue weighted by Gasteiger charge is -2.16. The van der Waals surface area contributed by atoms with Gasteiger partial charge in [0.2, 0.25) is 5.95 Å². The molecule has 0 aliphatic carbocycles. The van der Waals surface area contributed by atoms with Crippen LogP contribution >= 0.6 is 0 Å². The molecule has 4 aromatic rings. The smallest absolute Gasteiger partial charge is 0.230 e. The van der Waals surface area contributed by atoms with E-state index in [4.69, 9.17) is 15.5 Å². The van der Waals surface area contributed by atoms with E-state index >= 15 is 0 Å². The Bertz CT molecular complexity index is 1430. The Balaban J connectivity index is 1.86. The number of nitrogens with one attached hydrogen (secondary N) is 2. The van der Waals surface area contributed by atoms with E-state index in [1.165, 1.54) is 12.3 Å². The molecule has 0 fully saturated rings. The molecule has 2 aromatic carbocycles. The number of hydrogen-bond donors (Lipinski definition) is 2. The van der Waals surface area contributed by atoms with Crippen LogP contribution in [0.1, 0.15) is 22.3 Å². The van der Waals surface area contributed by atoms with Crippen LogP contribution in [0.15, 0.2) is 54.7 Å². The van der Waals surface area contributed by atoms with Crippen molar-refractivity contribution in [2.45, 2.75) is 13.8 Å². The second kappa shape index (κ2) is 9.17. The van der Waals surface area contributed by atoms with E-state index in [0.717, 1.165) is 38.7 Å². The van der Waals surface area contributed by atoms with Crippen LogP contribution in [0.3, 0.4) is 0 Å². The van der Waals surface area contributed by atoms with Crippen molar-refractivity contribution in [1.82, 2.24) is 15.0 Å². The Kier molecular flexibility index (Phi) is 5.97. The molecule has 2 aromatic heterocycles. The molecule has 0 aliphatic heterocycles. The van der Waals surface area contributed by atoms with E-state index in [9.17, 15) is 0 Å². The van der Waals surface area contributed by atoms with Gasteiger partial charge in [-0.25, -0.2) is 9.97 Å². The lowest BCUT2D eigenvalue weighted by molar-refractivity contribution is 1.18. The Morgan fingerprint density at radius 1 is 1.00 bits per heavy atom. The Morgan fingerprint density at radius 2 is 1.79 bits per heavy atom. The quantitative estimate of drug-likeness (QED) is 0.401. The average Bonchev–Trinajstić information content (AvgIpc) is 2.82. The molecule has 0 bridgehead atoms. The number of pyridine rings is 1. The lowest BCUT2D eigenvalue weighted by Crippen LogP contribution is -2.04. The number of anilines is 3. The number of nitrogens with zero attached hydrogens (tertiary/aromatic N) is 5. The highest BCUT2D eigenvalue weighted by molar-refractivity contribution is 6.01. The van der Waals surface area contributed by atoms with Crippen molar-refractivity contribution in [3.05, 3.63) is 77.0 Å². The summed E-state index contributed by atoms with van der Waals surface area (Å²) in [6, 6.07) is 17.7. The van der Waals surface area contributed by atoms with Crippen LogP contribution < -0.4 is 10.6 Å². The molecule has 0 atom stereocenters. The van der Waals surface area contributed by atoms with Crippen molar-refractivity contribution in [3.8, 4) is 23.3 Å². The van der Waals surface area contributed by atoms with Crippen LogP contribution in [0.25, 0.3) is 28.1 Å². The monoisotopic (exact) mass is 431 g/mol. The van der Waals surface area contributed by atoms with Gasteiger partial charge in [-0.05, 0) is 60.4 Å². The average molecular weight is 432 g/mol. The molecule has 7 nitrogen and oxygen atoms in total. The van der Waals surface area contributed by atoms with Gasteiger partial charge >= 0.3 is 0 Å². The molecular weight excluding hydrogens is 410 g/mol. The standard InChI is InChI=1S/C26H21N7/c1-16-12-18(6-5-11-27)13-17(2)23(16)20-7-4-8-21-24(20)32-26(33-25(21)29-3)31-22-10-9-19(14-28)15-30-22/h4-10,12-13,15H,1-3H3,(H2,29,30,31,32,33). The summed E-state index contributed by atoms with van der Waals surface area (Å²) in [6.45, 7) is 4.12. The first-order valence-corrected chi connectivity index (χ1v) is 10.3. The van der Waals surface area contributed by atoms with Gasteiger partial charge in [0.15, 0.2) is 0 Å². The number of fused-ring (bicyclic) bond motifs is 1. The summed E-state index contributed by atoms with van der Waals surface area (Å²) in [5.41, 5.74) is 6.54. The highest BCUT2D eigenvalue weighted by Crippen LogP contribution is 2.36.